The Bertz CT molecular complexity index is 1250. The SMILES string of the molecule is Cc1nc2ccc(C(=O)N=c3nc4ccccc4c4n3CCN4)cc2[nH]1. The minimum Gasteiger partial charge on any atom is -0.369 e. The van der Waals surface area contributed by atoms with Crippen molar-refractivity contribution in [1.29, 1.82) is 0 Å². The fraction of sp³-hybridized carbons (Fsp3) is 0.158. The number of aromatic amines is 1. The van der Waals surface area contributed by atoms with E-state index in [4.69, 9.17) is 0 Å². The third-order valence-corrected chi connectivity index (χ3v) is 4.57. The predicted molar refractivity (Wildman–Crippen MR) is 98.9 cm³/mol. The van der Waals surface area contributed by atoms with Crippen molar-refractivity contribution in [3.05, 3.63) is 59.5 Å². The largest absolute Gasteiger partial charge is 0.369 e. The lowest BCUT2D eigenvalue weighted by Gasteiger charge is -2.07. The van der Waals surface area contributed by atoms with E-state index >= 15 is 0 Å². The summed E-state index contributed by atoms with van der Waals surface area (Å²) in [5.74, 6) is 1.46. The van der Waals surface area contributed by atoms with Crippen LogP contribution in [0.5, 0.6) is 0 Å². The van der Waals surface area contributed by atoms with E-state index < -0.39 is 0 Å². The van der Waals surface area contributed by atoms with Gasteiger partial charge in [0, 0.05) is 24.0 Å². The summed E-state index contributed by atoms with van der Waals surface area (Å²) >= 11 is 0. The smallest absolute Gasteiger partial charge is 0.280 e. The second-order valence-corrected chi connectivity index (χ2v) is 6.33. The van der Waals surface area contributed by atoms with Crippen LogP contribution in [0.1, 0.15) is 16.2 Å². The van der Waals surface area contributed by atoms with E-state index in [1.807, 2.05) is 41.8 Å². The molecule has 5 rings (SSSR count). The second-order valence-electron chi connectivity index (χ2n) is 6.33. The zero-order valence-corrected chi connectivity index (χ0v) is 14.2. The molecule has 2 aromatic carbocycles. The van der Waals surface area contributed by atoms with Crippen molar-refractivity contribution in [3.8, 4) is 0 Å². The molecule has 0 aliphatic carbocycles. The van der Waals surface area contributed by atoms with E-state index in [9.17, 15) is 4.79 Å². The van der Waals surface area contributed by atoms with Gasteiger partial charge in [0.05, 0.1) is 16.6 Å². The highest BCUT2D eigenvalue weighted by molar-refractivity contribution is 5.98. The first-order chi connectivity index (χ1) is 12.7. The Hall–Kier alpha value is -3.48. The van der Waals surface area contributed by atoms with Gasteiger partial charge in [0.25, 0.3) is 5.91 Å². The Balaban J connectivity index is 1.66. The standard InChI is InChI=1S/C19H16N6O/c1-11-21-15-7-6-12(10-16(15)22-11)18(26)24-19-23-14-5-3-2-4-13(14)17-20-8-9-25(17)19/h2-7,10,20H,8-9H2,1H3,(H,21,22). The highest BCUT2D eigenvalue weighted by Crippen LogP contribution is 2.22. The molecule has 0 fully saturated rings. The normalized spacial score (nSPS) is 14.0. The van der Waals surface area contributed by atoms with Crippen molar-refractivity contribution in [2.75, 3.05) is 11.9 Å². The van der Waals surface area contributed by atoms with E-state index in [2.05, 4.69) is 25.3 Å². The van der Waals surface area contributed by atoms with Crippen molar-refractivity contribution in [2.45, 2.75) is 13.5 Å². The molecule has 0 saturated carbocycles. The van der Waals surface area contributed by atoms with E-state index in [1.54, 1.807) is 12.1 Å². The quantitative estimate of drug-likeness (QED) is 0.555. The fourth-order valence-corrected chi connectivity index (χ4v) is 3.38. The molecule has 2 N–H and O–H groups in total. The molecule has 0 atom stereocenters. The summed E-state index contributed by atoms with van der Waals surface area (Å²) in [6.07, 6.45) is 0. The molecular weight excluding hydrogens is 328 g/mol. The molecule has 3 heterocycles. The van der Waals surface area contributed by atoms with Gasteiger partial charge in [-0.2, -0.15) is 4.99 Å². The zero-order chi connectivity index (χ0) is 17.7. The van der Waals surface area contributed by atoms with Crippen LogP contribution in [0.4, 0.5) is 5.82 Å². The summed E-state index contributed by atoms with van der Waals surface area (Å²) in [6, 6.07) is 13.2. The van der Waals surface area contributed by atoms with Crippen LogP contribution in [0.2, 0.25) is 0 Å². The maximum atomic E-state index is 12.7. The highest BCUT2D eigenvalue weighted by Gasteiger charge is 2.16. The summed E-state index contributed by atoms with van der Waals surface area (Å²) in [4.78, 5) is 29.1. The third kappa shape index (κ3) is 2.28. The average Bonchev–Trinajstić information content (AvgIpc) is 3.27. The van der Waals surface area contributed by atoms with Crippen LogP contribution < -0.4 is 10.9 Å². The van der Waals surface area contributed by atoms with Gasteiger partial charge >= 0.3 is 0 Å². The first-order valence-electron chi connectivity index (χ1n) is 8.48. The topological polar surface area (TPSA) is 88.0 Å². The Kier molecular flexibility index (Phi) is 3.15. The number of H-pyrrole nitrogens is 1. The van der Waals surface area contributed by atoms with Gasteiger partial charge in [0.2, 0.25) is 5.62 Å². The zero-order valence-electron chi connectivity index (χ0n) is 14.2. The lowest BCUT2D eigenvalue weighted by Crippen LogP contribution is -2.24. The number of aryl methyl sites for hydroxylation is 1. The van der Waals surface area contributed by atoms with Crippen LogP contribution in [0, 0.1) is 6.92 Å². The van der Waals surface area contributed by atoms with E-state index in [1.165, 1.54) is 0 Å². The van der Waals surface area contributed by atoms with Gasteiger partial charge in [0.15, 0.2) is 0 Å². The number of hydrogen-bond acceptors (Lipinski definition) is 4. The maximum absolute atomic E-state index is 12.7. The summed E-state index contributed by atoms with van der Waals surface area (Å²) in [7, 11) is 0. The number of para-hydroxylation sites is 1. The molecule has 7 heteroatoms. The maximum Gasteiger partial charge on any atom is 0.280 e. The molecule has 128 valence electrons. The number of fused-ring (bicyclic) bond motifs is 4. The molecule has 1 aliphatic rings. The molecule has 0 unspecified atom stereocenters. The van der Waals surface area contributed by atoms with Gasteiger partial charge in [-0.15, -0.1) is 0 Å². The van der Waals surface area contributed by atoms with Crippen molar-refractivity contribution >= 4 is 33.7 Å². The van der Waals surface area contributed by atoms with Crippen LogP contribution in [-0.4, -0.2) is 32.0 Å². The van der Waals surface area contributed by atoms with Crippen LogP contribution in [0.3, 0.4) is 0 Å². The predicted octanol–water partition coefficient (Wildman–Crippen LogP) is 2.39. The van der Waals surface area contributed by atoms with Gasteiger partial charge < -0.3 is 10.3 Å². The van der Waals surface area contributed by atoms with Crippen molar-refractivity contribution < 1.29 is 4.79 Å². The Labute approximate surface area is 148 Å². The first-order valence-corrected chi connectivity index (χ1v) is 8.48. The average molecular weight is 344 g/mol. The fourth-order valence-electron chi connectivity index (χ4n) is 3.38. The van der Waals surface area contributed by atoms with Crippen molar-refractivity contribution in [1.82, 2.24) is 19.5 Å². The minimum atomic E-state index is -0.316. The molecule has 1 amide bonds. The lowest BCUT2D eigenvalue weighted by molar-refractivity contribution is 0.0996. The molecular formula is C19H16N6O. The number of nitrogens with one attached hydrogen (secondary N) is 2. The number of hydrogen-bond donors (Lipinski definition) is 2. The number of amides is 1. The summed E-state index contributed by atoms with van der Waals surface area (Å²) < 4.78 is 1.96. The highest BCUT2D eigenvalue weighted by atomic mass is 16.1. The molecule has 0 saturated heterocycles. The Morgan fingerprint density at radius 3 is 2.96 bits per heavy atom. The molecule has 0 spiro atoms. The van der Waals surface area contributed by atoms with Crippen molar-refractivity contribution in [2.24, 2.45) is 4.99 Å². The molecule has 26 heavy (non-hydrogen) atoms. The molecule has 2 aromatic heterocycles. The minimum absolute atomic E-state index is 0.316. The Morgan fingerprint density at radius 1 is 1.15 bits per heavy atom. The lowest BCUT2D eigenvalue weighted by atomic mass is 10.2. The third-order valence-electron chi connectivity index (χ3n) is 4.57. The number of benzene rings is 2. The molecule has 1 aliphatic heterocycles. The van der Waals surface area contributed by atoms with Gasteiger partial charge in [-0.05, 0) is 37.3 Å². The summed E-state index contributed by atoms with van der Waals surface area (Å²) in [5, 5.41) is 4.39. The molecule has 0 bridgehead atoms. The second kappa shape index (κ2) is 5.52. The van der Waals surface area contributed by atoms with Gasteiger partial charge in [-0.25, -0.2) is 9.97 Å². The number of aromatic nitrogens is 4. The Morgan fingerprint density at radius 2 is 2.04 bits per heavy atom. The van der Waals surface area contributed by atoms with Crippen LogP contribution in [0.25, 0.3) is 21.9 Å². The van der Waals surface area contributed by atoms with Gasteiger partial charge in [0.1, 0.15) is 11.6 Å². The molecule has 4 aromatic rings. The number of anilines is 1. The molecule has 0 radical (unpaired) electrons. The van der Waals surface area contributed by atoms with Gasteiger partial charge in [-0.3, -0.25) is 9.36 Å². The van der Waals surface area contributed by atoms with Crippen LogP contribution in [-0.2, 0) is 6.54 Å². The summed E-state index contributed by atoms with van der Waals surface area (Å²) in [6.45, 7) is 3.42. The van der Waals surface area contributed by atoms with E-state index in [0.29, 0.717) is 11.2 Å². The monoisotopic (exact) mass is 344 g/mol. The van der Waals surface area contributed by atoms with Crippen LogP contribution in [0.15, 0.2) is 47.5 Å². The number of carbonyl (C=O) groups excluding carboxylic acids is 1. The first kappa shape index (κ1) is 14.8. The van der Waals surface area contributed by atoms with Crippen molar-refractivity contribution in [3.63, 3.8) is 0 Å². The van der Waals surface area contributed by atoms with Gasteiger partial charge in [-0.1, -0.05) is 12.1 Å². The number of carbonyl (C=O) groups is 1. The van der Waals surface area contributed by atoms with Crippen LogP contribution >= 0.6 is 0 Å². The number of rotatable bonds is 1. The van der Waals surface area contributed by atoms with E-state index in [-0.39, 0.29) is 5.91 Å². The van der Waals surface area contributed by atoms with E-state index in [0.717, 1.165) is 46.7 Å². The number of nitrogens with zero attached hydrogens (tertiary/aromatic N) is 4. The molecule has 7 nitrogen and oxygen atoms in total. The summed E-state index contributed by atoms with van der Waals surface area (Å²) in [5.41, 5.74) is 3.42. The number of imidazole rings is 1.